The van der Waals surface area contributed by atoms with E-state index >= 15 is 0 Å². The summed E-state index contributed by atoms with van der Waals surface area (Å²) in [6.45, 7) is 0.638. The molecule has 1 spiro atoms. The molecule has 158 valence electrons. The number of hydrogen-bond donors (Lipinski definition) is 1. The van der Waals surface area contributed by atoms with Gasteiger partial charge in [0.05, 0.1) is 24.6 Å². The third-order valence-electron chi connectivity index (χ3n) is 7.28. The summed E-state index contributed by atoms with van der Waals surface area (Å²) < 4.78 is 18.8. The molecule has 4 atom stereocenters. The van der Waals surface area contributed by atoms with E-state index in [-0.39, 0.29) is 17.9 Å². The molecule has 7 nitrogen and oxygen atoms in total. The Labute approximate surface area is 177 Å². The van der Waals surface area contributed by atoms with Crippen molar-refractivity contribution in [2.75, 3.05) is 23.9 Å². The third-order valence-corrected chi connectivity index (χ3v) is 7.28. The lowest BCUT2D eigenvalue weighted by Gasteiger charge is -2.36. The number of carbonyl (C=O) groups excluding carboxylic acids is 3. The Morgan fingerprint density at radius 2 is 1.87 bits per heavy atom. The van der Waals surface area contributed by atoms with Gasteiger partial charge in [-0.15, -0.1) is 0 Å². The minimum absolute atomic E-state index is 0.199. The minimum atomic E-state index is -1.25. The highest BCUT2D eigenvalue weighted by Gasteiger charge is 2.74. The molecule has 3 amide bonds. The molecule has 0 aromatic heterocycles. The second kappa shape index (κ2) is 6.13. The standard InChI is InChI=1S/C23H20FN3O4/c1-31-14-8-9-16-15(11-14)23(22(30)25-16)19-18(17-3-2-10-26(17)23)20(28)27(21(19)29)13-6-4-12(24)5-7-13/h4-9,11,17-19H,2-3,10H2,1H3,(H,25,30)/t17-,18-,19-,23+/m1/s1. The monoisotopic (exact) mass is 421 g/mol. The zero-order valence-corrected chi connectivity index (χ0v) is 16.8. The molecule has 31 heavy (non-hydrogen) atoms. The van der Waals surface area contributed by atoms with Gasteiger partial charge in [-0.3, -0.25) is 19.3 Å². The van der Waals surface area contributed by atoms with Gasteiger partial charge in [0.2, 0.25) is 17.7 Å². The molecule has 1 N–H and O–H groups in total. The third kappa shape index (κ3) is 2.13. The SMILES string of the molecule is COc1ccc2c(c1)[C@@]1(C(=O)N2)[C@H]2C(=O)N(c3ccc(F)cc3)C(=O)[C@@H]2[C@H]2CCCN21. The first kappa shape index (κ1) is 18.5. The molecule has 2 aromatic rings. The van der Waals surface area contributed by atoms with Crippen LogP contribution in [-0.4, -0.2) is 42.3 Å². The van der Waals surface area contributed by atoms with E-state index < -0.39 is 29.1 Å². The van der Waals surface area contributed by atoms with Gasteiger partial charge < -0.3 is 10.1 Å². The zero-order valence-electron chi connectivity index (χ0n) is 16.8. The van der Waals surface area contributed by atoms with Gasteiger partial charge in [0.25, 0.3) is 0 Å². The fraction of sp³-hybridized carbons (Fsp3) is 0.348. The number of anilines is 2. The first-order chi connectivity index (χ1) is 15.0. The van der Waals surface area contributed by atoms with Crippen molar-refractivity contribution in [3.63, 3.8) is 0 Å². The van der Waals surface area contributed by atoms with Crippen molar-refractivity contribution in [2.45, 2.75) is 24.4 Å². The first-order valence-electron chi connectivity index (χ1n) is 10.4. The van der Waals surface area contributed by atoms with Gasteiger partial charge in [-0.25, -0.2) is 9.29 Å². The maximum Gasteiger partial charge on any atom is 0.250 e. The molecule has 4 heterocycles. The zero-order chi connectivity index (χ0) is 21.5. The number of nitrogens with zero attached hydrogens (tertiary/aromatic N) is 2. The van der Waals surface area contributed by atoms with Crippen molar-refractivity contribution in [1.29, 1.82) is 0 Å². The number of nitrogens with one attached hydrogen (secondary N) is 1. The van der Waals surface area contributed by atoms with Crippen molar-refractivity contribution < 1.29 is 23.5 Å². The van der Waals surface area contributed by atoms with Crippen molar-refractivity contribution in [1.82, 2.24) is 4.90 Å². The van der Waals surface area contributed by atoms with Crippen LogP contribution in [0.25, 0.3) is 0 Å². The van der Waals surface area contributed by atoms with Gasteiger partial charge in [-0.2, -0.15) is 0 Å². The number of amides is 3. The Hall–Kier alpha value is -3.26. The van der Waals surface area contributed by atoms with Gasteiger partial charge in [-0.05, 0) is 61.9 Å². The van der Waals surface area contributed by atoms with Gasteiger partial charge in [-0.1, -0.05) is 0 Å². The number of benzene rings is 2. The summed E-state index contributed by atoms with van der Waals surface area (Å²) in [5, 5.41) is 2.94. The smallest absolute Gasteiger partial charge is 0.250 e. The van der Waals surface area contributed by atoms with Crippen LogP contribution in [0.1, 0.15) is 18.4 Å². The normalized spacial score (nSPS) is 31.2. The molecule has 6 rings (SSSR count). The van der Waals surface area contributed by atoms with Crippen molar-refractivity contribution in [3.8, 4) is 5.75 Å². The van der Waals surface area contributed by atoms with Crippen LogP contribution in [0.5, 0.6) is 5.75 Å². The lowest BCUT2D eigenvalue weighted by atomic mass is 9.75. The van der Waals surface area contributed by atoms with Crippen LogP contribution in [0.15, 0.2) is 42.5 Å². The molecule has 2 aromatic carbocycles. The molecule has 4 aliphatic heterocycles. The molecule has 0 saturated carbocycles. The Kier molecular flexibility index (Phi) is 3.66. The van der Waals surface area contributed by atoms with Crippen LogP contribution < -0.4 is 15.0 Å². The van der Waals surface area contributed by atoms with Gasteiger partial charge in [0.15, 0.2) is 0 Å². The van der Waals surface area contributed by atoms with Crippen LogP contribution in [0, 0.1) is 17.7 Å². The topological polar surface area (TPSA) is 79.0 Å². The van der Waals surface area contributed by atoms with E-state index in [2.05, 4.69) is 10.2 Å². The fourth-order valence-corrected chi connectivity index (χ4v) is 6.15. The maximum absolute atomic E-state index is 13.8. The number of imide groups is 1. The lowest BCUT2D eigenvalue weighted by Crippen LogP contribution is -2.54. The van der Waals surface area contributed by atoms with Crippen LogP contribution in [0.2, 0.25) is 0 Å². The summed E-state index contributed by atoms with van der Waals surface area (Å²) in [7, 11) is 1.55. The number of halogens is 1. The highest BCUT2D eigenvalue weighted by molar-refractivity contribution is 6.25. The summed E-state index contributed by atoms with van der Waals surface area (Å²) >= 11 is 0. The molecule has 3 fully saturated rings. The van der Waals surface area contributed by atoms with E-state index in [4.69, 9.17) is 4.74 Å². The Morgan fingerprint density at radius 1 is 1.10 bits per heavy atom. The van der Waals surface area contributed by atoms with Crippen molar-refractivity contribution in [2.24, 2.45) is 11.8 Å². The second-order valence-electron chi connectivity index (χ2n) is 8.53. The Morgan fingerprint density at radius 3 is 2.61 bits per heavy atom. The average Bonchev–Trinajstić information content (AvgIpc) is 3.47. The Bertz CT molecular complexity index is 1150. The first-order valence-corrected chi connectivity index (χ1v) is 10.4. The lowest BCUT2D eigenvalue weighted by molar-refractivity contribution is -0.135. The Balaban J connectivity index is 1.55. The molecule has 0 bridgehead atoms. The predicted octanol–water partition coefficient (Wildman–Crippen LogP) is 2.27. The summed E-state index contributed by atoms with van der Waals surface area (Å²) in [6.07, 6.45) is 1.59. The fourth-order valence-electron chi connectivity index (χ4n) is 6.15. The quantitative estimate of drug-likeness (QED) is 0.753. The van der Waals surface area contributed by atoms with E-state index in [9.17, 15) is 18.8 Å². The summed E-state index contributed by atoms with van der Waals surface area (Å²) in [5.74, 6) is -2.34. The van der Waals surface area contributed by atoms with Crippen LogP contribution in [-0.2, 0) is 19.9 Å². The average molecular weight is 421 g/mol. The largest absolute Gasteiger partial charge is 0.497 e. The van der Waals surface area contributed by atoms with Gasteiger partial charge in [0, 0.05) is 17.3 Å². The minimum Gasteiger partial charge on any atom is -0.497 e. The molecule has 0 radical (unpaired) electrons. The number of hydrogen-bond acceptors (Lipinski definition) is 5. The number of carbonyl (C=O) groups is 3. The van der Waals surface area contributed by atoms with Crippen LogP contribution in [0.3, 0.4) is 0 Å². The molecule has 8 heteroatoms. The van der Waals surface area contributed by atoms with Crippen LogP contribution >= 0.6 is 0 Å². The van der Waals surface area contributed by atoms with E-state index in [1.54, 1.807) is 25.3 Å². The van der Waals surface area contributed by atoms with Crippen LogP contribution in [0.4, 0.5) is 15.8 Å². The van der Waals surface area contributed by atoms with Crippen molar-refractivity contribution >= 4 is 29.1 Å². The van der Waals surface area contributed by atoms with E-state index in [1.807, 2.05) is 0 Å². The van der Waals surface area contributed by atoms with E-state index in [0.29, 0.717) is 29.2 Å². The summed E-state index contributed by atoms with van der Waals surface area (Å²) in [6, 6.07) is 10.4. The highest BCUT2D eigenvalue weighted by Crippen LogP contribution is 2.61. The molecular formula is C23H20FN3O4. The molecule has 0 aliphatic carbocycles. The maximum atomic E-state index is 13.8. The molecule has 4 aliphatic rings. The van der Waals surface area contributed by atoms with E-state index in [0.717, 1.165) is 17.7 Å². The van der Waals surface area contributed by atoms with Gasteiger partial charge >= 0.3 is 0 Å². The molecular weight excluding hydrogens is 401 g/mol. The molecule has 3 saturated heterocycles. The van der Waals surface area contributed by atoms with Gasteiger partial charge in [0.1, 0.15) is 17.1 Å². The number of rotatable bonds is 2. The predicted molar refractivity (Wildman–Crippen MR) is 109 cm³/mol. The number of fused-ring (bicyclic) bond motifs is 7. The summed E-state index contributed by atoms with van der Waals surface area (Å²) in [4.78, 5) is 44.0. The second-order valence-corrected chi connectivity index (χ2v) is 8.53. The number of ether oxygens (including phenoxy) is 1. The van der Waals surface area contributed by atoms with E-state index in [1.165, 1.54) is 24.3 Å². The summed E-state index contributed by atoms with van der Waals surface area (Å²) in [5.41, 5.74) is 0.391. The highest BCUT2D eigenvalue weighted by atomic mass is 19.1. The van der Waals surface area contributed by atoms with Crippen molar-refractivity contribution in [3.05, 3.63) is 53.8 Å². The molecule has 0 unspecified atom stereocenters. The number of methoxy groups -OCH3 is 1.